The molecule has 0 saturated carbocycles. The predicted octanol–water partition coefficient (Wildman–Crippen LogP) is 3.97. The van der Waals surface area contributed by atoms with Crippen LogP contribution in [0.1, 0.15) is 5.56 Å². The van der Waals surface area contributed by atoms with Gasteiger partial charge >= 0.3 is 0 Å². The van der Waals surface area contributed by atoms with Crippen molar-refractivity contribution in [3.63, 3.8) is 0 Å². The van der Waals surface area contributed by atoms with Gasteiger partial charge in [-0.1, -0.05) is 11.6 Å². The molecule has 0 amide bonds. The SMILES string of the molecule is COc1cc(Nc2cc(Cl)ccc2C#N)cc(OC)c1. The third-order valence-corrected chi connectivity index (χ3v) is 2.97. The summed E-state index contributed by atoms with van der Waals surface area (Å²) in [6.07, 6.45) is 0. The molecule has 2 aromatic rings. The molecule has 2 aromatic carbocycles. The predicted molar refractivity (Wildman–Crippen MR) is 79.0 cm³/mol. The van der Waals surface area contributed by atoms with Crippen molar-refractivity contribution in [3.05, 3.63) is 47.0 Å². The highest BCUT2D eigenvalue weighted by atomic mass is 35.5. The summed E-state index contributed by atoms with van der Waals surface area (Å²) in [5, 5.41) is 12.8. The number of hydrogen-bond donors (Lipinski definition) is 1. The molecule has 0 radical (unpaired) electrons. The maximum atomic E-state index is 9.11. The maximum absolute atomic E-state index is 9.11. The third-order valence-electron chi connectivity index (χ3n) is 2.73. The third kappa shape index (κ3) is 3.14. The van der Waals surface area contributed by atoms with Crippen LogP contribution in [0.2, 0.25) is 5.02 Å². The Hall–Kier alpha value is -2.38. The number of nitrogens with zero attached hydrogens (tertiary/aromatic N) is 1. The second-order valence-electron chi connectivity index (χ2n) is 4.03. The second-order valence-corrected chi connectivity index (χ2v) is 4.46. The topological polar surface area (TPSA) is 54.3 Å². The zero-order valence-electron chi connectivity index (χ0n) is 11.1. The van der Waals surface area contributed by atoms with Gasteiger partial charge in [-0.25, -0.2) is 0 Å². The summed E-state index contributed by atoms with van der Waals surface area (Å²) in [6, 6.07) is 12.6. The van der Waals surface area contributed by atoms with Crippen molar-refractivity contribution >= 4 is 23.0 Å². The lowest BCUT2D eigenvalue weighted by molar-refractivity contribution is 0.395. The first-order chi connectivity index (χ1) is 9.66. The Morgan fingerprint density at radius 3 is 2.25 bits per heavy atom. The second kappa shape index (κ2) is 6.18. The van der Waals surface area contributed by atoms with Crippen molar-refractivity contribution in [2.75, 3.05) is 19.5 Å². The lowest BCUT2D eigenvalue weighted by Gasteiger charge is -2.12. The Bertz CT molecular complexity index is 643. The van der Waals surface area contributed by atoms with Gasteiger partial charge in [-0.3, -0.25) is 0 Å². The monoisotopic (exact) mass is 288 g/mol. The highest BCUT2D eigenvalue weighted by Gasteiger charge is 2.06. The van der Waals surface area contributed by atoms with E-state index < -0.39 is 0 Å². The van der Waals surface area contributed by atoms with E-state index in [9.17, 15) is 0 Å². The van der Waals surface area contributed by atoms with Crippen LogP contribution in [0.5, 0.6) is 11.5 Å². The van der Waals surface area contributed by atoms with Crippen molar-refractivity contribution < 1.29 is 9.47 Å². The summed E-state index contributed by atoms with van der Waals surface area (Å²) in [7, 11) is 3.16. The highest BCUT2D eigenvalue weighted by molar-refractivity contribution is 6.30. The molecule has 0 aliphatic heterocycles. The number of halogens is 1. The lowest BCUT2D eigenvalue weighted by atomic mass is 10.2. The molecule has 0 saturated heterocycles. The highest BCUT2D eigenvalue weighted by Crippen LogP contribution is 2.30. The number of hydrogen-bond acceptors (Lipinski definition) is 4. The number of ether oxygens (including phenoxy) is 2. The fourth-order valence-corrected chi connectivity index (χ4v) is 1.92. The summed E-state index contributed by atoms with van der Waals surface area (Å²) < 4.78 is 10.4. The number of nitrogens with one attached hydrogen (secondary N) is 1. The summed E-state index contributed by atoms with van der Waals surface area (Å²) in [5.41, 5.74) is 1.89. The van der Waals surface area contributed by atoms with Gasteiger partial charge in [0.15, 0.2) is 0 Å². The Balaban J connectivity index is 2.39. The molecule has 0 aliphatic rings. The van der Waals surface area contributed by atoms with E-state index in [1.807, 2.05) is 12.1 Å². The van der Waals surface area contributed by atoms with Gasteiger partial charge in [0.1, 0.15) is 17.6 Å². The minimum atomic E-state index is 0.510. The van der Waals surface area contributed by atoms with E-state index in [0.29, 0.717) is 27.8 Å². The molecule has 0 spiro atoms. The van der Waals surface area contributed by atoms with Gasteiger partial charge in [0.25, 0.3) is 0 Å². The van der Waals surface area contributed by atoms with E-state index in [-0.39, 0.29) is 0 Å². The molecule has 0 aromatic heterocycles. The van der Waals surface area contributed by atoms with Crippen LogP contribution in [0.3, 0.4) is 0 Å². The normalized spacial score (nSPS) is 9.70. The van der Waals surface area contributed by atoms with Crippen molar-refractivity contribution in [2.24, 2.45) is 0 Å². The van der Waals surface area contributed by atoms with E-state index in [0.717, 1.165) is 5.69 Å². The minimum Gasteiger partial charge on any atom is -0.497 e. The van der Waals surface area contributed by atoms with Crippen LogP contribution >= 0.6 is 11.6 Å². The van der Waals surface area contributed by atoms with Gasteiger partial charge in [-0.2, -0.15) is 5.26 Å². The van der Waals surface area contributed by atoms with Gasteiger partial charge < -0.3 is 14.8 Å². The fourth-order valence-electron chi connectivity index (χ4n) is 1.75. The van der Waals surface area contributed by atoms with Crippen LogP contribution < -0.4 is 14.8 Å². The van der Waals surface area contributed by atoms with Crippen molar-refractivity contribution in [3.8, 4) is 17.6 Å². The zero-order chi connectivity index (χ0) is 14.5. The summed E-state index contributed by atoms with van der Waals surface area (Å²) >= 11 is 5.96. The van der Waals surface area contributed by atoms with Crippen LogP contribution in [0.15, 0.2) is 36.4 Å². The minimum absolute atomic E-state index is 0.510. The van der Waals surface area contributed by atoms with Gasteiger partial charge in [0.2, 0.25) is 0 Å². The fraction of sp³-hybridized carbons (Fsp3) is 0.133. The van der Waals surface area contributed by atoms with Crippen LogP contribution in [0.4, 0.5) is 11.4 Å². The smallest absolute Gasteiger partial charge is 0.124 e. The molecule has 0 bridgehead atoms. The maximum Gasteiger partial charge on any atom is 0.124 e. The van der Waals surface area contributed by atoms with E-state index in [2.05, 4.69) is 11.4 Å². The van der Waals surface area contributed by atoms with Gasteiger partial charge in [0.05, 0.1) is 25.5 Å². The Kier molecular flexibility index (Phi) is 4.34. The summed E-state index contributed by atoms with van der Waals surface area (Å²) in [5.74, 6) is 1.32. The molecule has 20 heavy (non-hydrogen) atoms. The van der Waals surface area contributed by atoms with E-state index in [1.165, 1.54) is 0 Å². The van der Waals surface area contributed by atoms with Crippen molar-refractivity contribution in [2.45, 2.75) is 0 Å². The molecule has 102 valence electrons. The number of anilines is 2. The number of methoxy groups -OCH3 is 2. The van der Waals surface area contributed by atoms with Crippen LogP contribution in [-0.2, 0) is 0 Å². The molecule has 2 rings (SSSR count). The molecule has 5 heteroatoms. The average molecular weight is 289 g/mol. The zero-order valence-corrected chi connectivity index (χ0v) is 11.9. The molecular formula is C15H13ClN2O2. The van der Waals surface area contributed by atoms with E-state index in [4.69, 9.17) is 26.3 Å². The molecule has 1 N–H and O–H groups in total. The van der Waals surface area contributed by atoms with Crippen molar-refractivity contribution in [1.29, 1.82) is 5.26 Å². The molecule has 4 nitrogen and oxygen atoms in total. The number of benzene rings is 2. The number of rotatable bonds is 4. The van der Waals surface area contributed by atoms with Crippen LogP contribution in [0.25, 0.3) is 0 Å². The van der Waals surface area contributed by atoms with E-state index in [1.54, 1.807) is 38.5 Å². The molecular weight excluding hydrogens is 276 g/mol. The standard InChI is InChI=1S/C15H13ClN2O2/c1-19-13-6-12(7-14(8-13)20-2)18-15-5-11(16)4-3-10(15)9-17/h3-8,18H,1-2H3. The molecule has 0 heterocycles. The summed E-state index contributed by atoms with van der Waals surface area (Å²) in [6.45, 7) is 0. The quantitative estimate of drug-likeness (QED) is 0.925. The molecule has 0 unspecified atom stereocenters. The van der Waals surface area contributed by atoms with Gasteiger partial charge in [0, 0.05) is 28.9 Å². The summed E-state index contributed by atoms with van der Waals surface area (Å²) in [4.78, 5) is 0. The van der Waals surface area contributed by atoms with Crippen molar-refractivity contribution in [1.82, 2.24) is 0 Å². The lowest BCUT2D eigenvalue weighted by Crippen LogP contribution is -1.96. The molecule has 0 fully saturated rings. The van der Waals surface area contributed by atoms with Crippen LogP contribution in [-0.4, -0.2) is 14.2 Å². The molecule has 0 aliphatic carbocycles. The van der Waals surface area contributed by atoms with Gasteiger partial charge in [-0.15, -0.1) is 0 Å². The Labute approximate surface area is 122 Å². The number of nitriles is 1. The Morgan fingerprint density at radius 2 is 1.70 bits per heavy atom. The first-order valence-electron chi connectivity index (χ1n) is 5.86. The Morgan fingerprint density at radius 1 is 1.05 bits per heavy atom. The van der Waals surface area contributed by atoms with Crippen LogP contribution in [0, 0.1) is 11.3 Å². The first kappa shape index (κ1) is 14.0. The first-order valence-corrected chi connectivity index (χ1v) is 6.24. The van der Waals surface area contributed by atoms with E-state index >= 15 is 0 Å². The van der Waals surface area contributed by atoms with Gasteiger partial charge in [-0.05, 0) is 18.2 Å². The molecule has 0 atom stereocenters. The average Bonchev–Trinajstić information content (AvgIpc) is 2.47. The largest absolute Gasteiger partial charge is 0.497 e.